The van der Waals surface area contributed by atoms with Crippen LogP contribution in [0.3, 0.4) is 0 Å². The van der Waals surface area contributed by atoms with Crippen LogP contribution in [0.4, 0.5) is 4.79 Å². The number of amides is 2. The number of nitrogens with one attached hydrogen (secondary N) is 1. The van der Waals surface area contributed by atoms with Crippen LogP contribution in [0.1, 0.15) is 25.5 Å². The summed E-state index contributed by atoms with van der Waals surface area (Å²) < 4.78 is 10.6. The molecule has 0 radical (unpaired) electrons. The van der Waals surface area contributed by atoms with Crippen LogP contribution in [0.25, 0.3) is 0 Å². The van der Waals surface area contributed by atoms with E-state index in [2.05, 4.69) is 12.2 Å². The third-order valence-corrected chi connectivity index (χ3v) is 4.95. The van der Waals surface area contributed by atoms with Crippen molar-refractivity contribution in [1.29, 1.82) is 0 Å². The van der Waals surface area contributed by atoms with Gasteiger partial charge in [0.25, 0.3) is 0 Å². The summed E-state index contributed by atoms with van der Waals surface area (Å²) in [6.45, 7) is 4.16. The van der Waals surface area contributed by atoms with E-state index in [1.54, 1.807) is 45.0 Å². The van der Waals surface area contributed by atoms with E-state index in [0.717, 1.165) is 17.1 Å². The molecule has 2 amide bonds. The third-order valence-electron chi connectivity index (χ3n) is 4.09. The van der Waals surface area contributed by atoms with Gasteiger partial charge in [0.05, 0.1) is 18.7 Å². The van der Waals surface area contributed by atoms with Gasteiger partial charge in [-0.05, 0) is 30.4 Å². The van der Waals surface area contributed by atoms with Gasteiger partial charge in [-0.25, -0.2) is 9.59 Å². The van der Waals surface area contributed by atoms with Crippen molar-refractivity contribution in [3.05, 3.63) is 41.1 Å². The van der Waals surface area contributed by atoms with Crippen molar-refractivity contribution in [3.63, 3.8) is 0 Å². The normalized spacial score (nSPS) is 17.4. The summed E-state index contributed by atoms with van der Waals surface area (Å²) in [5, 5.41) is 2.87. The molecule has 0 fully saturated rings. The van der Waals surface area contributed by atoms with Crippen molar-refractivity contribution < 1.29 is 19.1 Å². The van der Waals surface area contributed by atoms with E-state index in [1.807, 2.05) is 12.1 Å². The molecule has 6 nitrogen and oxygen atoms in total. The van der Waals surface area contributed by atoms with E-state index in [1.165, 1.54) is 4.90 Å². The first kappa shape index (κ1) is 19.2. The number of nitrogens with zero attached hydrogens (tertiary/aromatic N) is 1. The minimum absolute atomic E-state index is 0.253. The molecule has 1 N–H and O–H groups in total. The lowest BCUT2D eigenvalue weighted by Gasteiger charge is -2.33. The Kier molecular flexibility index (Phi) is 6.75. The lowest BCUT2D eigenvalue weighted by molar-refractivity contribution is -0.139. The maximum absolute atomic E-state index is 12.6. The molecule has 0 aromatic heterocycles. The molecule has 1 aliphatic rings. The van der Waals surface area contributed by atoms with E-state index >= 15 is 0 Å². The quantitative estimate of drug-likeness (QED) is 0.595. The molecule has 0 spiro atoms. The highest BCUT2D eigenvalue weighted by Gasteiger charge is 2.34. The lowest BCUT2D eigenvalue weighted by atomic mass is 9.95. The second-order valence-electron chi connectivity index (χ2n) is 5.55. The van der Waals surface area contributed by atoms with Gasteiger partial charge in [-0.1, -0.05) is 19.1 Å². The highest BCUT2D eigenvalue weighted by molar-refractivity contribution is 7.99. The van der Waals surface area contributed by atoms with Gasteiger partial charge < -0.3 is 19.7 Å². The molecule has 7 heteroatoms. The molecule has 1 aliphatic heterocycles. The Bertz CT molecular complexity index is 658. The maximum atomic E-state index is 12.6. The zero-order valence-corrected chi connectivity index (χ0v) is 15.8. The fourth-order valence-corrected chi connectivity index (χ4v) is 3.05. The summed E-state index contributed by atoms with van der Waals surface area (Å²) in [7, 11) is 3.22. The average molecular weight is 364 g/mol. The van der Waals surface area contributed by atoms with Crippen LogP contribution in [0.2, 0.25) is 0 Å². The smallest absolute Gasteiger partial charge is 0.338 e. The average Bonchev–Trinajstić information content (AvgIpc) is 2.63. The molecule has 1 heterocycles. The molecular weight excluding hydrogens is 340 g/mol. The Labute approximate surface area is 152 Å². The van der Waals surface area contributed by atoms with E-state index < -0.39 is 12.0 Å². The lowest BCUT2D eigenvalue weighted by Crippen LogP contribution is -2.46. The van der Waals surface area contributed by atoms with Crippen molar-refractivity contribution >= 4 is 23.8 Å². The Morgan fingerprint density at radius 3 is 2.60 bits per heavy atom. The van der Waals surface area contributed by atoms with E-state index in [0.29, 0.717) is 23.6 Å². The standard InChI is InChI=1S/C18H24N2O4S/c1-5-25-11-10-24-17(21)15-12(2)20(3)18(22)19-16(15)13-6-8-14(23-4)9-7-13/h6-9,16H,5,10-11H2,1-4H3,(H,19,22)/t16-/m0/s1. The monoisotopic (exact) mass is 364 g/mol. The van der Waals surface area contributed by atoms with Crippen molar-refractivity contribution in [1.82, 2.24) is 10.2 Å². The zero-order valence-electron chi connectivity index (χ0n) is 15.0. The predicted molar refractivity (Wildman–Crippen MR) is 98.7 cm³/mol. The van der Waals surface area contributed by atoms with Crippen LogP contribution in [0.15, 0.2) is 35.5 Å². The number of rotatable bonds is 7. The van der Waals surface area contributed by atoms with Crippen molar-refractivity contribution in [2.75, 3.05) is 32.3 Å². The largest absolute Gasteiger partial charge is 0.497 e. The van der Waals surface area contributed by atoms with Crippen LogP contribution in [0, 0.1) is 0 Å². The topological polar surface area (TPSA) is 67.9 Å². The second kappa shape index (κ2) is 8.80. The van der Waals surface area contributed by atoms with Crippen LogP contribution in [-0.2, 0) is 9.53 Å². The molecule has 1 aromatic carbocycles. The molecule has 0 saturated carbocycles. The molecule has 2 rings (SSSR count). The molecule has 0 unspecified atom stereocenters. The Balaban J connectivity index is 2.28. The number of hydrogen-bond donors (Lipinski definition) is 1. The van der Waals surface area contributed by atoms with Crippen molar-refractivity contribution in [2.45, 2.75) is 19.9 Å². The van der Waals surface area contributed by atoms with Gasteiger partial charge >= 0.3 is 12.0 Å². The summed E-state index contributed by atoms with van der Waals surface area (Å²) in [6.07, 6.45) is 0. The third kappa shape index (κ3) is 4.48. The molecule has 136 valence electrons. The van der Waals surface area contributed by atoms with Gasteiger partial charge in [-0.15, -0.1) is 0 Å². The number of urea groups is 1. The van der Waals surface area contributed by atoms with Gasteiger partial charge in [0.2, 0.25) is 0 Å². The maximum Gasteiger partial charge on any atom is 0.338 e. The molecule has 25 heavy (non-hydrogen) atoms. The summed E-state index contributed by atoms with van der Waals surface area (Å²) in [6, 6.07) is 6.48. The molecule has 0 bridgehead atoms. The fraction of sp³-hybridized carbons (Fsp3) is 0.444. The van der Waals surface area contributed by atoms with Gasteiger partial charge in [-0.3, -0.25) is 0 Å². The molecular formula is C18H24N2O4S. The molecule has 1 aromatic rings. The van der Waals surface area contributed by atoms with Crippen LogP contribution in [-0.4, -0.2) is 49.2 Å². The first-order valence-corrected chi connectivity index (χ1v) is 9.28. The molecule has 0 aliphatic carbocycles. The van der Waals surface area contributed by atoms with E-state index in [-0.39, 0.29) is 6.03 Å². The number of thioether (sulfide) groups is 1. The summed E-state index contributed by atoms with van der Waals surface area (Å²) in [5.41, 5.74) is 1.85. The highest BCUT2D eigenvalue weighted by atomic mass is 32.2. The minimum atomic E-state index is -0.541. The number of esters is 1. The summed E-state index contributed by atoms with van der Waals surface area (Å²) in [4.78, 5) is 26.2. The fourth-order valence-electron chi connectivity index (χ4n) is 2.56. The number of carbonyl (C=O) groups excluding carboxylic acids is 2. The van der Waals surface area contributed by atoms with E-state index in [4.69, 9.17) is 9.47 Å². The highest BCUT2D eigenvalue weighted by Crippen LogP contribution is 2.31. The van der Waals surface area contributed by atoms with Gasteiger partial charge in [-0.2, -0.15) is 11.8 Å². The first-order valence-electron chi connectivity index (χ1n) is 8.13. The van der Waals surface area contributed by atoms with Crippen molar-refractivity contribution in [2.24, 2.45) is 0 Å². The first-order chi connectivity index (χ1) is 12.0. The Morgan fingerprint density at radius 1 is 1.32 bits per heavy atom. The SMILES string of the molecule is CCSCCOC(=O)C1=C(C)N(C)C(=O)N[C@H]1c1ccc(OC)cc1. The number of carbonyl (C=O) groups is 2. The van der Waals surface area contributed by atoms with Crippen LogP contribution < -0.4 is 10.1 Å². The summed E-state index contributed by atoms with van der Waals surface area (Å²) >= 11 is 1.71. The Hall–Kier alpha value is -2.15. The number of allylic oxidation sites excluding steroid dienone is 1. The summed E-state index contributed by atoms with van der Waals surface area (Å²) in [5.74, 6) is 2.04. The number of ether oxygens (including phenoxy) is 2. The minimum Gasteiger partial charge on any atom is -0.497 e. The second-order valence-corrected chi connectivity index (χ2v) is 6.94. The van der Waals surface area contributed by atoms with Crippen LogP contribution in [0.5, 0.6) is 5.75 Å². The number of benzene rings is 1. The van der Waals surface area contributed by atoms with Crippen molar-refractivity contribution in [3.8, 4) is 5.75 Å². The van der Waals surface area contributed by atoms with Gasteiger partial charge in [0, 0.05) is 18.5 Å². The molecule has 0 saturated heterocycles. The number of hydrogen-bond acceptors (Lipinski definition) is 5. The number of methoxy groups -OCH3 is 1. The van der Waals surface area contributed by atoms with Crippen LogP contribution >= 0.6 is 11.8 Å². The Morgan fingerprint density at radius 2 is 2.00 bits per heavy atom. The van der Waals surface area contributed by atoms with Gasteiger partial charge in [0.15, 0.2) is 0 Å². The zero-order chi connectivity index (χ0) is 18.4. The van der Waals surface area contributed by atoms with E-state index in [9.17, 15) is 9.59 Å². The predicted octanol–water partition coefficient (Wildman–Crippen LogP) is 2.96. The van der Waals surface area contributed by atoms with Gasteiger partial charge in [0.1, 0.15) is 12.4 Å². The molecule has 1 atom stereocenters.